The molecular weight excluding hydrogens is 246 g/mol. The van der Waals surface area contributed by atoms with Crippen molar-refractivity contribution in [3.63, 3.8) is 0 Å². The first kappa shape index (κ1) is 15.5. The van der Waals surface area contributed by atoms with Crippen molar-refractivity contribution in [3.8, 4) is 0 Å². The highest BCUT2D eigenvalue weighted by Crippen LogP contribution is 2.28. The summed E-state index contributed by atoms with van der Waals surface area (Å²) >= 11 is 0. The molecule has 1 aromatic rings. The maximum absolute atomic E-state index is 9.97. The Labute approximate surface area is 123 Å². The third-order valence-electron chi connectivity index (χ3n) is 4.67. The van der Waals surface area contributed by atoms with Gasteiger partial charge in [0.1, 0.15) is 0 Å². The number of nitrogens with one attached hydrogen (secondary N) is 1. The minimum Gasteiger partial charge on any atom is -0.394 e. The summed E-state index contributed by atoms with van der Waals surface area (Å²) in [5, 5.41) is 13.7. The lowest BCUT2D eigenvalue weighted by atomic mass is 9.87. The Bertz CT molecular complexity index is 435. The maximum atomic E-state index is 9.97. The fourth-order valence-electron chi connectivity index (χ4n) is 3.52. The number of aliphatic hydroxyl groups excluding tert-OH is 1. The van der Waals surface area contributed by atoms with E-state index in [-0.39, 0.29) is 12.1 Å². The number of hydrogen-bond donors (Lipinski definition) is 2. The van der Waals surface area contributed by atoms with Gasteiger partial charge in [0.15, 0.2) is 0 Å². The molecule has 0 aromatic heterocycles. The predicted octanol–water partition coefficient (Wildman–Crippen LogP) is 3.82. The van der Waals surface area contributed by atoms with Crippen LogP contribution in [0.4, 0.5) is 0 Å². The fourth-order valence-corrected chi connectivity index (χ4v) is 3.52. The molecule has 0 heterocycles. The number of aliphatic hydroxyl groups is 1. The second-order valence-corrected chi connectivity index (χ2v) is 6.64. The fraction of sp³-hybridized carbons (Fsp3) is 0.667. The van der Waals surface area contributed by atoms with Gasteiger partial charge in [-0.3, -0.25) is 0 Å². The van der Waals surface area contributed by atoms with Crippen LogP contribution in [0.3, 0.4) is 0 Å². The lowest BCUT2D eigenvalue weighted by Crippen LogP contribution is -2.48. The van der Waals surface area contributed by atoms with Crippen LogP contribution in [0.15, 0.2) is 18.2 Å². The zero-order valence-corrected chi connectivity index (χ0v) is 13.2. The summed E-state index contributed by atoms with van der Waals surface area (Å²) in [6, 6.07) is 7.06. The Kier molecular flexibility index (Phi) is 5.22. The average Bonchev–Trinajstić information content (AvgIpc) is 2.67. The van der Waals surface area contributed by atoms with E-state index in [1.165, 1.54) is 55.2 Å². The van der Waals surface area contributed by atoms with Crippen LogP contribution in [-0.2, 0) is 5.54 Å². The van der Waals surface area contributed by atoms with Crippen LogP contribution in [0.25, 0.3) is 0 Å². The third-order valence-corrected chi connectivity index (χ3v) is 4.67. The molecule has 2 N–H and O–H groups in total. The van der Waals surface area contributed by atoms with E-state index in [0.29, 0.717) is 6.04 Å². The first-order valence-electron chi connectivity index (χ1n) is 8.01. The molecule has 112 valence electrons. The minimum absolute atomic E-state index is 0.146. The van der Waals surface area contributed by atoms with Crippen molar-refractivity contribution in [2.75, 3.05) is 6.61 Å². The molecule has 1 unspecified atom stereocenters. The number of rotatable bonds is 4. The molecule has 0 aliphatic heterocycles. The topological polar surface area (TPSA) is 32.3 Å². The first-order chi connectivity index (χ1) is 9.55. The molecule has 1 fully saturated rings. The van der Waals surface area contributed by atoms with E-state index in [1.54, 1.807) is 0 Å². The van der Waals surface area contributed by atoms with Crippen LogP contribution in [0.1, 0.15) is 62.1 Å². The van der Waals surface area contributed by atoms with Gasteiger partial charge >= 0.3 is 0 Å². The number of aryl methyl sites for hydroxylation is 2. The summed E-state index contributed by atoms with van der Waals surface area (Å²) in [5.74, 6) is 0. The summed E-state index contributed by atoms with van der Waals surface area (Å²) in [6.07, 6.45) is 7.81. The van der Waals surface area contributed by atoms with Crippen LogP contribution >= 0.6 is 0 Å². The lowest BCUT2D eigenvalue weighted by molar-refractivity contribution is 0.156. The Balaban J connectivity index is 2.18. The highest BCUT2D eigenvalue weighted by Gasteiger charge is 2.30. The molecule has 0 saturated heterocycles. The standard InChI is InChI=1S/C18H29NO/c1-14-10-11-17(15(2)12-14)18(3,13-20)19-16-8-6-4-5-7-9-16/h10-12,16,19-20H,4-9,13H2,1-3H3. The number of benzene rings is 1. The summed E-state index contributed by atoms with van der Waals surface area (Å²) in [5.41, 5.74) is 3.45. The number of hydrogen-bond acceptors (Lipinski definition) is 2. The van der Waals surface area contributed by atoms with Crippen LogP contribution in [0.5, 0.6) is 0 Å². The molecule has 1 aromatic carbocycles. The van der Waals surface area contributed by atoms with Gasteiger partial charge in [-0.25, -0.2) is 0 Å². The molecule has 0 bridgehead atoms. The van der Waals surface area contributed by atoms with Crippen molar-refractivity contribution >= 4 is 0 Å². The predicted molar refractivity (Wildman–Crippen MR) is 85.0 cm³/mol. The molecule has 1 saturated carbocycles. The van der Waals surface area contributed by atoms with E-state index in [4.69, 9.17) is 0 Å². The molecule has 0 spiro atoms. The maximum Gasteiger partial charge on any atom is 0.0652 e. The zero-order chi connectivity index (χ0) is 14.6. The van der Waals surface area contributed by atoms with Crippen LogP contribution in [-0.4, -0.2) is 17.8 Å². The summed E-state index contributed by atoms with van der Waals surface area (Å²) in [7, 11) is 0. The molecule has 1 aliphatic carbocycles. The van der Waals surface area contributed by atoms with Crippen molar-refractivity contribution in [1.82, 2.24) is 5.32 Å². The van der Waals surface area contributed by atoms with Gasteiger partial charge in [0.25, 0.3) is 0 Å². The normalized spacial score (nSPS) is 20.4. The highest BCUT2D eigenvalue weighted by atomic mass is 16.3. The van der Waals surface area contributed by atoms with Crippen molar-refractivity contribution in [2.24, 2.45) is 0 Å². The lowest BCUT2D eigenvalue weighted by Gasteiger charge is -2.35. The summed E-state index contributed by atoms with van der Waals surface area (Å²) in [4.78, 5) is 0. The smallest absolute Gasteiger partial charge is 0.0652 e. The molecule has 2 heteroatoms. The van der Waals surface area contributed by atoms with Gasteiger partial charge in [-0.1, -0.05) is 49.4 Å². The van der Waals surface area contributed by atoms with Gasteiger partial charge in [0, 0.05) is 6.04 Å². The summed E-state index contributed by atoms with van der Waals surface area (Å²) in [6.45, 7) is 6.54. The highest BCUT2D eigenvalue weighted by molar-refractivity contribution is 5.35. The van der Waals surface area contributed by atoms with Crippen LogP contribution in [0, 0.1) is 13.8 Å². The van der Waals surface area contributed by atoms with Gasteiger partial charge < -0.3 is 10.4 Å². The quantitative estimate of drug-likeness (QED) is 0.819. The first-order valence-corrected chi connectivity index (χ1v) is 8.01. The molecular formula is C18H29NO. The SMILES string of the molecule is Cc1ccc(C(C)(CO)NC2CCCCCC2)c(C)c1. The second kappa shape index (κ2) is 6.73. The van der Waals surface area contributed by atoms with Crippen molar-refractivity contribution in [2.45, 2.75) is 70.9 Å². The van der Waals surface area contributed by atoms with E-state index in [9.17, 15) is 5.11 Å². The van der Waals surface area contributed by atoms with Gasteiger partial charge in [0.2, 0.25) is 0 Å². The Morgan fingerprint density at radius 1 is 1.15 bits per heavy atom. The molecule has 2 rings (SSSR count). The summed E-state index contributed by atoms with van der Waals surface area (Å²) < 4.78 is 0. The molecule has 1 aliphatic rings. The minimum atomic E-state index is -0.327. The van der Waals surface area contributed by atoms with E-state index in [2.05, 4.69) is 44.3 Å². The van der Waals surface area contributed by atoms with Crippen LogP contribution < -0.4 is 5.32 Å². The Hall–Kier alpha value is -0.860. The third kappa shape index (κ3) is 3.62. The molecule has 2 nitrogen and oxygen atoms in total. The van der Waals surface area contributed by atoms with Gasteiger partial charge in [-0.15, -0.1) is 0 Å². The van der Waals surface area contributed by atoms with Gasteiger partial charge in [-0.05, 0) is 44.7 Å². The monoisotopic (exact) mass is 275 g/mol. The van der Waals surface area contributed by atoms with E-state index in [1.807, 2.05) is 0 Å². The van der Waals surface area contributed by atoms with Crippen LogP contribution in [0.2, 0.25) is 0 Å². The molecule has 0 amide bonds. The van der Waals surface area contributed by atoms with E-state index in [0.717, 1.165) is 0 Å². The van der Waals surface area contributed by atoms with Crippen molar-refractivity contribution < 1.29 is 5.11 Å². The van der Waals surface area contributed by atoms with Crippen molar-refractivity contribution in [1.29, 1.82) is 0 Å². The second-order valence-electron chi connectivity index (χ2n) is 6.64. The van der Waals surface area contributed by atoms with E-state index >= 15 is 0 Å². The largest absolute Gasteiger partial charge is 0.394 e. The molecule has 1 atom stereocenters. The molecule has 20 heavy (non-hydrogen) atoms. The zero-order valence-electron chi connectivity index (χ0n) is 13.2. The molecule has 0 radical (unpaired) electrons. The van der Waals surface area contributed by atoms with Gasteiger partial charge in [-0.2, -0.15) is 0 Å². The average molecular weight is 275 g/mol. The van der Waals surface area contributed by atoms with Crippen molar-refractivity contribution in [3.05, 3.63) is 34.9 Å². The van der Waals surface area contributed by atoms with Gasteiger partial charge in [0.05, 0.1) is 12.1 Å². The Morgan fingerprint density at radius 3 is 2.35 bits per heavy atom. The Morgan fingerprint density at radius 2 is 1.80 bits per heavy atom. The van der Waals surface area contributed by atoms with E-state index < -0.39 is 0 Å².